The molecule has 0 atom stereocenters. The second-order valence-corrected chi connectivity index (χ2v) is 6.63. The number of hydrogen-bond acceptors (Lipinski definition) is 5. The van der Waals surface area contributed by atoms with Gasteiger partial charge < -0.3 is 14.4 Å². The average Bonchev–Trinajstić information content (AvgIpc) is 2.41. The molecule has 0 saturated carbocycles. The molecule has 1 aromatic rings. The van der Waals surface area contributed by atoms with Crippen LogP contribution in [0.25, 0.3) is 0 Å². The van der Waals surface area contributed by atoms with E-state index >= 15 is 0 Å². The number of anilines is 1. The number of nitrogens with one attached hydrogen (secondary N) is 1. The highest BCUT2D eigenvalue weighted by molar-refractivity contribution is 5.84. The lowest BCUT2D eigenvalue weighted by Crippen LogP contribution is -2.35. The lowest BCUT2D eigenvalue weighted by Gasteiger charge is -2.28. The number of ether oxygens (including phenoxy) is 2. The van der Waals surface area contributed by atoms with E-state index in [1.165, 1.54) is 0 Å². The molecule has 0 radical (unpaired) electrons. The van der Waals surface area contributed by atoms with Crippen molar-refractivity contribution in [2.24, 2.45) is 0 Å². The fraction of sp³-hybridized carbons (Fsp3) is 0.625. The second-order valence-electron chi connectivity index (χ2n) is 6.63. The smallest absolute Gasteiger partial charge is 0.412 e. The minimum absolute atomic E-state index is 0.216. The van der Waals surface area contributed by atoms with E-state index in [1.54, 1.807) is 18.3 Å². The predicted octanol–water partition coefficient (Wildman–Crippen LogP) is 2.90. The minimum Gasteiger partial charge on any atom is -0.474 e. The molecule has 2 rings (SSSR count). The average molecular weight is 307 g/mol. The Balaban J connectivity index is 1.84. The molecule has 1 saturated heterocycles. The number of carbonyl (C=O) groups excluding carboxylic acids is 1. The summed E-state index contributed by atoms with van der Waals surface area (Å²) in [5.41, 5.74) is 0.0688. The fourth-order valence-electron chi connectivity index (χ4n) is 2.22. The van der Waals surface area contributed by atoms with Gasteiger partial charge in [-0.05, 0) is 46.7 Å². The third-order valence-corrected chi connectivity index (χ3v) is 3.33. The molecule has 1 aliphatic heterocycles. The monoisotopic (exact) mass is 307 g/mol. The second kappa shape index (κ2) is 6.96. The van der Waals surface area contributed by atoms with Gasteiger partial charge in [-0.25, -0.2) is 9.78 Å². The maximum absolute atomic E-state index is 11.7. The van der Waals surface area contributed by atoms with E-state index in [0.717, 1.165) is 25.9 Å². The molecule has 6 heteroatoms. The SMILES string of the molecule is CN1CCC(Oc2ccc(NC(=O)OC(C)(C)C)cn2)CC1. The zero-order valence-electron chi connectivity index (χ0n) is 13.8. The van der Waals surface area contributed by atoms with E-state index < -0.39 is 11.7 Å². The van der Waals surface area contributed by atoms with Crippen LogP contribution in [0, 0.1) is 0 Å². The van der Waals surface area contributed by atoms with Crippen molar-refractivity contribution in [2.75, 3.05) is 25.5 Å². The fourth-order valence-corrected chi connectivity index (χ4v) is 2.22. The van der Waals surface area contributed by atoms with Crippen molar-refractivity contribution in [1.82, 2.24) is 9.88 Å². The van der Waals surface area contributed by atoms with Gasteiger partial charge in [0.25, 0.3) is 0 Å². The summed E-state index contributed by atoms with van der Waals surface area (Å²) in [5.74, 6) is 0.587. The first kappa shape index (κ1) is 16.5. The number of pyridine rings is 1. The van der Waals surface area contributed by atoms with Crippen LogP contribution in [0.1, 0.15) is 33.6 Å². The van der Waals surface area contributed by atoms with Crippen LogP contribution in [0.2, 0.25) is 0 Å². The summed E-state index contributed by atoms with van der Waals surface area (Å²) in [4.78, 5) is 18.2. The Morgan fingerprint density at radius 3 is 2.55 bits per heavy atom. The Hall–Kier alpha value is -1.82. The molecule has 6 nitrogen and oxygen atoms in total. The van der Waals surface area contributed by atoms with Crippen molar-refractivity contribution in [2.45, 2.75) is 45.3 Å². The molecule has 0 unspecified atom stereocenters. The maximum Gasteiger partial charge on any atom is 0.412 e. The van der Waals surface area contributed by atoms with Gasteiger partial charge in [0.1, 0.15) is 11.7 Å². The van der Waals surface area contributed by atoms with Crippen LogP contribution in [0.15, 0.2) is 18.3 Å². The van der Waals surface area contributed by atoms with Gasteiger partial charge in [0, 0.05) is 19.2 Å². The first-order valence-corrected chi connectivity index (χ1v) is 7.63. The van der Waals surface area contributed by atoms with Gasteiger partial charge in [0.2, 0.25) is 5.88 Å². The molecule has 0 spiro atoms. The minimum atomic E-state index is -0.519. The lowest BCUT2D eigenvalue weighted by atomic mass is 10.1. The maximum atomic E-state index is 11.7. The number of nitrogens with zero attached hydrogens (tertiary/aromatic N) is 2. The number of rotatable bonds is 3. The van der Waals surface area contributed by atoms with Gasteiger partial charge in [-0.15, -0.1) is 0 Å². The highest BCUT2D eigenvalue weighted by atomic mass is 16.6. The van der Waals surface area contributed by atoms with Crippen molar-refractivity contribution in [3.63, 3.8) is 0 Å². The molecule has 1 aliphatic rings. The van der Waals surface area contributed by atoms with Crippen molar-refractivity contribution >= 4 is 11.8 Å². The number of aromatic nitrogens is 1. The highest BCUT2D eigenvalue weighted by Gasteiger charge is 2.19. The van der Waals surface area contributed by atoms with E-state index in [4.69, 9.17) is 9.47 Å². The first-order valence-electron chi connectivity index (χ1n) is 7.63. The Morgan fingerprint density at radius 2 is 2.00 bits per heavy atom. The van der Waals surface area contributed by atoms with Crippen LogP contribution in [0.5, 0.6) is 5.88 Å². The van der Waals surface area contributed by atoms with E-state index in [0.29, 0.717) is 11.6 Å². The van der Waals surface area contributed by atoms with Crippen molar-refractivity contribution in [3.05, 3.63) is 18.3 Å². The van der Waals surface area contributed by atoms with Crippen molar-refractivity contribution < 1.29 is 14.3 Å². The quantitative estimate of drug-likeness (QED) is 0.930. The Labute approximate surface area is 131 Å². The van der Waals surface area contributed by atoms with E-state index in [1.807, 2.05) is 20.8 Å². The van der Waals surface area contributed by atoms with Crippen LogP contribution < -0.4 is 10.1 Å². The molecular formula is C16H25N3O3. The Bertz CT molecular complexity index is 488. The normalized spacial score (nSPS) is 17.1. The molecule has 1 N–H and O–H groups in total. The molecule has 0 aliphatic carbocycles. The molecule has 0 aromatic carbocycles. The standard InChI is InChI=1S/C16H25N3O3/c1-16(2,3)22-15(20)18-12-5-6-14(17-11-12)21-13-7-9-19(4)10-8-13/h5-6,11,13H,7-10H2,1-4H3,(H,18,20). The lowest BCUT2D eigenvalue weighted by molar-refractivity contribution is 0.0635. The summed E-state index contributed by atoms with van der Waals surface area (Å²) < 4.78 is 11.1. The number of amides is 1. The van der Waals surface area contributed by atoms with Crippen LogP contribution in [-0.4, -0.2) is 47.8 Å². The van der Waals surface area contributed by atoms with Gasteiger partial charge in [0.05, 0.1) is 11.9 Å². The van der Waals surface area contributed by atoms with Gasteiger partial charge in [-0.1, -0.05) is 0 Å². The van der Waals surface area contributed by atoms with Crippen molar-refractivity contribution in [1.29, 1.82) is 0 Å². The summed E-state index contributed by atoms with van der Waals surface area (Å²) >= 11 is 0. The number of carbonyl (C=O) groups is 1. The Kier molecular flexibility index (Phi) is 5.24. The van der Waals surface area contributed by atoms with E-state index in [-0.39, 0.29) is 6.10 Å². The third kappa shape index (κ3) is 5.52. The molecule has 0 bridgehead atoms. The van der Waals surface area contributed by atoms with Crippen LogP contribution in [-0.2, 0) is 4.74 Å². The molecule has 122 valence electrons. The largest absolute Gasteiger partial charge is 0.474 e. The summed E-state index contributed by atoms with van der Waals surface area (Å²) in [6.07, 6.45) is 3.33. The topological polar surface area (TPSA) is 63.7 Å². The van der Waals surface area contributed by atoms with E-state index in [9.17, 15) is 4.79 Å². The molecule has 2 heterocycles. The van der Waals surface area contributed by atoms with Crippen LogP contribution >= 0.6 is 0 Å². The molecule has 22 heavy (non-hydrogen) atoms. The molecule has 1 amide bonds. The van der Waals surface area contributed by atoms with Crippen molar-refractivity contribution in [3.8, 4) is 5.88 Å². The number of hydrogen-bond donors (Lipinski definition) is 1. The summed E-state index contributed by atoms with van der Waals surface area (Å²) in [7, 11) is 2.12. The highest BCUT2D eigenvalue weighted by Crippen LogP contribution is 2.18. The van der Waals surface area contributed by atoms with Gasteiger partial charge in [0.15, 0.2) is 0 Å². The summed E-state index contributed by atoms with van der Waals surface area (Å²) in [5, 5.41) is 2.65. The van der Waals surface area contributed by atoms with Gasteiger partial charge in [-0.3, -0.25) is 5.32 Å². The van der Waals surface area contributed by atoms with E-state index in [2.05, 4.69) is 22.2 Å². The number of likely N-dealkylation sites (tertiary alicyclic amines) is 1. The van der Waals surface area contributed by atoms with Crippen LogP contribution in [0.3, 0.4) is 0 Å². The summed E-state index contributed by atoms with van der Waals surface area (Å²) in [6.45, 7) is 7.56. The third-order valence-electron chi connectivity index (χ3n) is 3.33. The van der Waals surface area contributed by atoms with Crippen LogP contribution in [0.4, 0.5) is 10.5 Å². The molecule has 1 aromatic heterocycles. The molecular weight excluding hydrogens is 282 g/mol. The predicted molar refractivity (Wildman–Crippen MR) is 85.2 cm³/mol. The first-order chi connectivity index (χ1) is 10.3. The zero-order chi connectivity index (χ0) is 16.2. The molecule has 1 fully saturated rings. The van der Waals surface area contributed by atoms with Gasteiger partial charge in [-0.2, -0.15) is 0 Å². The number of piperidine rings is 1. The zero-order valence-corrected chi connectivity index (χ0v) is 13.8. The van der Waals surface area contributed by atoms with Gasteiger partial charge >= 0.3 is 6.09 Å². The summed E-state index contributed by atoms with van der Waals surface area (Å²) in [6, 6.07) is 3.53. The Morgan fingerprint density at radius 1 is 1.32 bits per heavy atom.